The van der Waals surface area contributed by atoms with Gasteiger partial charge in [0.1, 0.15) is 0 Å². The molecule has 0 aliphatic carbocycles. The van der Waals surface area contributed by atoms with E-state index in [-0.39, 0.29) is 24.4 Å². The summed E-state index contributed by atoms with van der Waals surface area (Å²) >= 11 is 0. The number of carbonyl (C=O) groups is 3. The molecule has 9 nitrogen and oxygen atoms in total. The molecule has 136 valence electrons. The van der Waals surface area contributed by atoms with Crippen molar-refractivity contribution < 1.29 is 27.5 Å². The summed E-state index contributed by atoms with van der Waals surface area (Å²) in [5.74, 6) is -1.36. The molecule has 0 unspecified atom stereocenters. The summed E-state index contributed by atoms with van der Waals surface area (Å²) in [5.41, 5.74) is 0.930. The minimum atomic E-state index is -3.71. The van der Waals surface area contributed by atoms with Crippen LogP contribution in [0.25, 0.3) is 0 Å². The number of imide groups is 1. The maximum atomic E-state index is 12.0. The molecule has 2 rings (SSSR count). The largest absolute Gasteiger partial charge is 0.456 e. The smallest absolute Gasteiger partial charge is 0.324 e. The SMILES string of the molecule is Cc1ccc(S(=O)(=O)NCCC(=O)OCC(=O)N2CCNC2=O)cc1. The molecule has 0 aromatic heterocycles. The molecule has 0 spiro atoms. The zero-order valence-corrected chi connectivity index (χ0v) is 14.5. The van der Waals surface area contributed by atoms with Crippen LogP contribution in [0, 0.1) is 6.92 Å². The van der Waals surface area contributed by atoms with Gasteiger partial charge < -0.3 is 10.1 Å². The first-order valence-electron chi connectivity index (χ1n) is 7.60. The van der Waals surface area contributed by atoms with Crippen LogP contribution in [0.15, 0.2) is 29.2 Å². The molecule has 1 aliphatic rings. The highest BCUT2D eigenvalue weighted by molar-refractivity contribution is 7.89. The molecule has 0 saturated carbocycles. The molecule has 1 aliphatic heterocycles. The minimum Gasteiger partial charge on any atom is -0.456 e. The van der Waals surface area contributed by atoms with Gasteiger partial charge in [0, 0.05) is 19.6 Å². The van der Waals surface area contributed by atoms with Crippen molar-refractivity contribution in [1.82, 2.24) is 14.9 Å². The van der Waals surface area contributed by atoms with E-state index in [9.17, 15) is 22.8 Å². The molecule has 1 saturated heterocycles. The van der Waals surface area contributed by atoms with Crippen molar-refractivity contribution in [3.8, 4) is 0 Å². The predicted octanol–water partition coefficient (Wildman–Crippen LogP) is -0.242. The van der Waals surface area contributed by atoms with Crippen LogP contribution in [0.5, 0.6) is 0 Å². The van der Waals surface area contributed by atoms with E-state index in [1.54, 1.807) is 12.1 Å². The number of nitrogens with one attached hydrogen (secondary N) is 2. The summed E-state index contributed by atoms with van der Waals surface area (Å²) in [6.45, 7) is 1.71. The zero-order chi connectivity index (χ0) is 18.4. The maximum Gasteiger partial charge on any atom is 0.324 e. The number of sulfonamides is 1. The monoisotopic (exact) mass is 369 g/mol. The molecule has 1 fully saturated rings. The van der Waals surface area contributed by atoms with Gasteiger partial charge in [-0.05, 0) is 19.1 Å². The number of nitrogens with zero attached hydrogens (tertiary/aromatic N) is 1. The van der Waals surface area contributed by atoms with Crippen molar-refractivity contribution >= 4 is 27.9 Å². The number of hydrogen-bond donors (Lipinski definition) is 2. The zero-order valence-electron chi connectivity index (χ0n) is 13.6. The van der Waals surface area contributed by atoms with Gasteiger partial charge in [0.15, 0.2) is 6.61 Å². The topological polar surface area (TPSA) is 122 Å². The predicted molar refractivity (Wildman–Crippen MR) is 87.1 cm³/mol. The fraction of sp³-hybridized carbons (Fsp3) is 0.400. The lowest BCUT2D eigenvalue weighted by Gasteiger charge is -2.12. The van der Waals surface area contributed by atoms with Crippen LogP contribution in [-0.4, -0.2) is 57.5 Å². The standard InChI is InChI=1S/C15H19N3O6S/c1-11-2-4-12(5-3-11)25(22,23)17-7-6-14(20)24-10-13(19)18-9-8-16-15(18)21/h2-5,17H,6-10H2,1H3,(H,16,21). The van der Waals surface area contributed by atoms with Gasteiger partial charge in [0.05, 0.1) is 11.3 Å². The number of hydrogen-bond acceptors (Lipinski definition) is 6. The summed E-state index contributed by atoms with van der Waals surface area (Å²) in [6, 6.07) is 5.75. The second kappa shape index (κ2) is 8.08. The number of esters is 1. The number of rotatable bonds is 7. The van der Waals surface area contributed by atoms with E-state index in [0.717, 1.165) is 10.5 Å². The van der Waals surface area contributed by atoms with Crippen LogP contribution in [0.2, 0.25) is 0 Å². The maximum absolute atomic E-state index is 12.0. The number of urea groups is 1. The summed E-state index contributed by atoms with van der Waals surface area (Å²) in [4.78, 5) is 35.6. The van der Waals surface area contributed by atoms with Crippen molar-refractivity contribution in [1.29, 1.82) is 0 Å². The normalized spacial score (nSPS) is 14.3. The Kier molecular flexibility index (Phi) is 6.10. The van der Waals surface area contributed by atoms with Crippen LogP contribution >= 0.6 is 0 Å². The van der Waals surface area contributed by atoms with Crippen LogP contribution in [0.1, 0.15) is 12.0 Å². The van der Waals surface area contributed by atoms with Gasteiger partial charge in [-0.15, -0.1) is 0 Å². The second-order valence-electron chi connectivity index (χ2n) is 5.40. The minimum absolute atomic E-state index is 0.0988. The van der Waals surface area contributed by atoms with E-state index in [1.165, 1.54) is 12.1 Å². The van der Waals surface area contributed by atoms with Gasteiger partial charge >= 0.3 is 12.0 Å². The highest BCUT2D eigenvalue weighted by Gasteiger charge is 2.26. The average molecular weight is 369 g/mol. The molecular weight excluding hydrogens is 350 g/mol. The number of benzene rings is 1. The Labute approximate surface area is 145 Å². The molecule has 0 atom stereocenters. The average Bonchev–Trinajstić information content (AvgIpc) is 2.99. The third kappa shape index (κ3) is 5.26. The summed E-state index contributed by atoms with van der Waals surface area (Å²) < 4.78 is 31.1. The summed E-state index contributed by atoms with van der Waals surface area (Å²) in [6.07, 6.45) is -0.232. The first-order valence-corrected chi connectivity index (χ1v) is 9.08. The molecule has 0 radical (unpaired) electrons. The summed E-state index contributed by atoms with van der Waals surface area (Å²) in [5, 5.41) is 2.46. The van der Waals surface area contributed by atoms with Crippen LogP contribution in [0.4, 0.5) is 4.79 Å². The van der Waals surface area contributed by atoms with E-state index in [4.69, 9.17) is 4.74 Å². The van der Waals surface area contributed by atoms with Gasteiger partial charge in [-0.25, -0.2) is 17.9 Å². The lowest BCUT2D eigenvalue weighted by Crippen LogP contribution is -2.37. The number of aryl methyl sites for hydroxylation is 1. The van der Waals surface area contributed by atoms with E-state index < -0.39 is 34.5 Å². The fourth-order valence-corrected chi connectivity index (χ4v) is 3.12. The fourth-order valence-electron chi connectivity index (χ4n) is 2.09. The molecule has 1 heterocycles. The van der Waals surface area contributed by atoms with Crippen LogP contribution < -0.4 is 10.0 Å². The first kappa shape index (κ1) is 18.9. The Hall–Kier alpha value is -2.46. The Balaban J connectivity index is 1.73. The number of amides is 3. The lowest BCUT2D eigenvalue weighted by atomic mass is 10.2. The molecule has 1 aromatic rings. The second-order valence-corrected chi connectivity index (χ2v) is 7.17. The van der Waals surface area contributed by atoms with Crippen LogP contribution in [-0.2, 0) is 24.3 Å². The van der Waals surface area contributed by atoms with Crippen molar-refractivity contribution in [2.45, 2.75) is 18.2 Å². The van der Waals surface area contributed by atoms with E-state index in [1.807, 2.05) is 6.92 Å². The van der Waals surface area contributed by atoms with E-state index in [0.29, 0.717) is 6.54 Å². The third-order valence-electron chi connectivity index (χ3n) is 3.47. The Morgan fingerprint density at radius 1 is 1.28 bits per heavy atom. The Morgan fingerprint density at radius 3 is 2.56 bits per heavy atom. The Morgan fingerprint density at radius 2 is 1.96 bits per heavy atom. The van der Waals surface area contributed by atoms with Crippen molar-refractivity contribution in [3.05, 3.63) is 29.8 Å². The molecular formula is C15H19N3O6S. The molecule has 1 aromatic carbocycles. The van der Waals surface area contributed by atoms with Gasteiger partial charge in [-0.3, -0.25) is 14.5 Å². The number of ether oxygens (including phenoxy) is 1. The third-order valence-corrected chi connectivity index (χ3v) is 4.94. The molecule has 25 heavy (non-hydrogen) atoms. The number of carbonyl (C=O) groups excluding carboxylic acids is 3. The van der Waals surface area contributed by atoms with Gasteiger partial charge in [0.2, 0.25) is 10.0 Å². The molecule has 3 amide bonds. The molecule has 10 heteroatoms. The van der Waals surface area contributed by atoms with Crippen molar-refractivity contribution in [2.75, 3.05) is 26.2 Å². The quantitative estimate of drug-likeness (QED) is 0.640. The highest BCUT2D eigenvalue weighted by atomic mass is 32.2. The highest BCUT2D eigenvalue weighted by Crippen LogP contribution is 2.09. The van der Waals surface area contributed by atoms with Crippen molar-refractivity contribution in [2.24, 2.45) is 0 Å². The summed E-state index contributed by atoms with van der Waals surface area (Å²) in [7, 11) is -3.71. The first-order chi connectivity index (χ1) is 11.8. The molecule has 2 N–H and O–H groups in total. The molecule has 0 bridgehead atoms. The lowest BCUT2D eigenvalue weighted by molar-refractivity contribution is -0.150. The van der Waals surface area contributed by atoms with Crippen molar-refractivity contribution in [3.63, 3.8) is 0 Å². The van der Waals surface area contributed by atoms with Crippen LogP contribution in [0.3, 0.4) is 0 Å². The van der Waals surface area contributed by atoms with Gasteiger partial charge in [-0.1, -0.05) is 17.7 Å². The van der Waals surface area contributed by atoms with Gasteiger partial charge in [-0.2, -0.15) is 0 Å². The van der Waals surface area contributed by atoms with E-state index in [2.05, 4.69) is 10.0 Å². The van der Waals surface area contributed by atoms with E-state index >= 15 is 0 Å². The van der Waals surface area contributed by atoms with Gasteiger partial charge in [0.25, 0.3) is 5.91 Å². The Bertz CT molecular complexity index is 760.